The molecule has 25 heavy (non-hydrogen) atoms. The van der Waals surface area contributed by atoms with Crippen LogP contribution in [0.3, 0.4) is 0 Å². The van der Waals surface area contributed by atoms with Crippen LogP contribution >= 0.6 is 0 Å². The summed E-state index contributed by atoms with van der Waals surface area (Å²) in [6.45, 7) is 3.96. The van der Waals surface area contributed by atoms with E-state index >= 15 is 0 Å². The first-order valence-electron chi connectivity index (χ1n) is 8.69. The number of piperidine rings is 1. The van der Waals surface area contributed by atoms with Crippen molar-refractivity contribution in [1.29, 1.82) is 0 Å². The average molecular weight is 336 g/mol. The lowest BCUT2D eigenvalue weighted by atomic mass is 9.97. The highest BCUT2D eigenvalue weighted by atomic mass is 19.1. The molecule has 4 nitrogen and oxygen atoms in total. The molecule has 4 rings (SSSR count). The second kappa shape index (κ2) is 6.76. The first-order chi connectivity index (χ1) is 12.2. The highest BCUT2D eigenvalue weighted by Gasteiger charge is 2.17. The van der Waals surface area contributed by atoms with E-state index in [2.05, 4.69) is 20.6 Å². The molecule has 0 spiro atoms. The fourth-order valence-electron chi connectivity index (χ4n) is 3.54. The van der Waals surface area contributed by atoms with Crippen molar-refractivity contribution in [2.24, 2.45) is 0 Å². The van der Waals surface area contributed by atoms with Crippen LogP contribution in [0.4, 0.5) is 10.1 Å². The molecule has 0 radical (unpaired) electrons. The predicted octanol–water partition coefficient (Wildman–Crippen LogP) is 3.91. The van der Waals surface area contributed by atoms with E-state index in [1.165, 1.54) is 6.07 Å². The molecule has 3 aromatic rings. The third-order valence-corrected chi connectivity index (χ3v) is 4.82. The molecular formula is C20H21FN4. The zero-order valence-corrected chi connectivity index (χ0v) is 14.2. The second-order valence-electron chi connectivity index (χ2n) is 6.58. The van der Waals surface area contributed by atoms with Crippen molar-refractivity contribution in [3.05, 3.63) is 54.2 Å². The molecule has 0 unspecified atom stereocenters. The average Bonchev–Trinajstić information content (AvgIpc) is 2.62. The lowest BCUT2D eigenvalue weighted by molar-refractivity contribution is 0.479. The summed E-state index contributed by atoms with van der Waals surface area (Å²) in [7, 11) is 0. The summed E-state index contributed by atoms with van der Waals surface area (Å²) in [5, 5.41) is 7.91. The standard InChI is InChI=1S/C20H21FN4/c1-13-3-2-4-17(21)19(13)14-9-15-11-23-12-24-20(15)18(10-14)25-16-5-7-22-8-6-16/h2-4,9-12,16,22,25H,5-8H2,1H3. The molecule has 5 heteroatoms. The maximum absolute atomic E-state index is 14.5. The number of aromatic nitrogens is 2. The minimum Gasteiger partial charge on any atom is -0.380 e. The maximum atomic E-state index is 14.5. The Balaban J connectivity index is 1.83. The van der Waals surface area contributed by atoms with E-state index in [1.807, 2.05) is 25.1 Å². The topological polar surface area (TPSA) is 49.8 Å². The molecule has 1 aliphatic heterocycles. The molecule has 1 saturated heterocycles. The number of aryl methyl sites for hydroxylation is 1. The third kappa shape index (κ3) is 3.20. The number of benzene rings is 2. The summed E-state index contributed by atoms with van der Waals surface area (Å²) in [6.07, 6.45) is 5.48. The van der Waals surface area contributed by atoms with Gasteiger partial charge in [-0.3, -0.25) is 0 Å². The van der Waals surface area contributed by atoms with Gasteiger partial charge in [-0.15, -0.1) is 0 Å². The van der Waals surface area contributed by atoms with Gasteiger partial charge in [-0.25, -0.2) is 14.4 Å². The van der Waals surface area contributed by atoms with E-state index in [0.29, 0.717) is 11.6 Å². The van der Waals surface area contributed by atoms with Gasteiger partial charge in [-0.2, -0.15) is 0 Å². The Bertz CT molecular complexity index is 883. The van der Waals surface area contributed by atoms with Gasteiger partial charge in [0.15, 0.2) is 0 Å². The molecule has 0 bridgehead atoms. The van der Waals surface area contributed by atoms with Gasteiger partial charge < -0.3 is 10.6 Å². The van der Waals surface area contributed by atoms with Crippen LogP contribution in [0.15, 0.2) is 42.9 Å². The van der Waals surface area contributed by atoms with Crippen LogP contribution in [0.5, 0.6) is 0 Å². The van der Waals surface area contributed by atoms with Crippen molar-refractivity contribution in [1.82, 2.24) is 15.3 Å². The molecular weight excluding hydrogens is 315 g/mol. The van der Waals surface area contributed by atoms with Crippen LogP contribution in [0, 0.1) is 12.7 Å². The summed E-state index contributed by atoms with van der Waals surface area (Å²) in [6, 6.07) is 9.57. The van der Waals surface area contributed by atoms with Gasteiger partial charge in [-0.1, -0.05) is 12.1 Å². The number of fused-ring (bicyclic) bond motifs is 1. The van der Waals surface area contributed by atoms with Crippen molar-refractivity contribution >= 4 is 16.6 Å². The molecule has 2 aromatic carbocycles. The number of nitrogens with one attached hydrogen (secondary N) is 2. The fraction of sp³-hybridized carbons (Fsp3) is 0.300. The number of anilines is 1. The van der Waals surface area contributed by atoms with Crippen molar-refractivity contribution < 1.29 is 4.39 Å². The zero-order chi connectivity index (χ0) is 17.2. The van der Waals surface area contributed by atoms with E-state index in [4.69, 9.17) is 0 Å². The molecule has 0 saturated carbocycles. The Labute approximate surface area is 146 Å². The van der Waals surface area contributed by atoms with Gasteiger partial charge in [-0.05, 0) is 62.2 Å². The fourth-order valence-corrected chi connectivity index (χ4v) is 3.54. The minimum atomic E-state index is -0.205. The van der Waals surface area contributed by atoms with Crippen LogP contribution in [-0.2, 0) is 0 Å². The van der Waals surface area contributed by atoms with E-state index in [0.717, 1.165) is 53.6 Å². The zero-order valence-electron chi connectivity index (χ0n) is 14.2. The molecule has 2 N–H and O–H groups in total. The number of halogens is 1. The minimum absolute atomic E-state index is 0.205. The van der Waals surface area contributed by atoms with E-state index in [-0.39, 0.29) is 5.82 Å². The van der Waals surface area contributed by atoms with Gasteiger partial charge in [0, 0.05) is 23.2 Å². The van der Waals surface area contributed by atoms with Crippen LogP contribution in [0.2, 0.25) is 0 Å². The van der Waals surface area contributed by atoms with Gasteiger partial charge in [0.1, 0.15) is 12.1 Å². The first-order valence-corrected chi connectivity index (χ1v) is 8.69. The first kappa shape index (κ1) is 16.0. The number of nitrogens with zero attached hydrogens (tertiary/aromatic N) is 2. The predicted molar refractivity (Wildman–Crippen MR) is 99.2 cm³/mol. The Kier molecular flexibility index (Phi) is 4.32. The molecule has 0 atom stereocenters. The Morgan fingerprint density at radius 1 is 1.20 bits per heavy atom. The van der Waals surface area contributed by atoms with E-state index in [1.54, 1.807) is 18.6 Å². The van der Waals surface area contributed by atoms with Crippen LogP contribution in [0.1, 0.15) is 18.4 Å². The second-order valence-corrected chi connectivity index (χ2v) is 6.58. The van der Waals surface area contributed by atoms with Crippen LogP contribution < -0.4 is 10.6 Å². The number of hydrogen-bond donors (Lipinski definition) is 2. The Hall–Kier alpha value is -2.53. The normalized spacial score (nSPS) is 15.4. The van der Waals surface area contributed by atoms with Gasteiger partial charge >= 0.3 is 0 Å². The van der Waals surface area contributed by atoms with Gasteiger partial charge in [0.25, 0.3) is 0 Å². The summed E-state index contributed by atoms with van der Waals surface area (Å²) >= 11 is 0. The highest BCUT2D eigenvalue weighted by Crippen LogP contribution is 2.33. The monoisotopic (exact) mass is 336 g/mol. The van der Waals surface area contributed by atoms with Gasteiger partial charge in [0.2, 0.25) is 0 Å². The van der Waals surface area contributed by atoms with Crippen molar-refractivity contribution in [2.75, 3.05) is 18.4 Å². The van der Waals surface area contributed by atoms with Crippen molar-refractivity contribution in [2.45, 2.75) is 25.8 Å². The SMILES string of the molecule is Cc1cccc(F)c1-c1cc(NC2CCNCC2)c2ncncc2c1. The van der Waals surface area contributed by atoms with Crippen molar-refractivity contribution in [3.8, 4) is 11.1 Å². The molecule has 0 amide bonds. The lowest BCUT2D eigenvalue weighted by Gasteiger charge is -2.25. The Morgan fingerprint density at radius 2 is 2.04 bits per heavy atom. The molecule has 1 aliphatic rings. The van der Waals surface area contributed by atoms with Crippen LogP contribution in [-0.4, -0.2) is 29.1 Å². The summed E-state index contributed by atoms with van der Waals surface area (Å²) in [5.41, 5.74) is 4.25. The number of hydrogen-bond acceptors (Lipinski definition) is 4. The molecule has 2 heterocycles. The Morgan fingerprint density at radius 3 is 2.84 bits per heavy atom. The molecule has 1 fully saturated rings. The van der Waals surface area contributed by atoms with Crippen molar-refractivity contribution in [3.63, 3.8) is 0 Å². The largest absolute Gasteiger partial charge is 0.380 e. The lowest BCUT2D eigenvalue weighted by Crippen LogP contribution is -2.35. The van der Waals surface area contributed by atoms with E-state index in [9.17, 15) is 4.39 Å². The quantitative estimate of drug-likeness (QED) is 0.761. The van der Waals surface area contributed by atoms with E-state index < -0.39 is 0 Å². The summed E-state index contributed by atoms with van der Waals surface area (Å²) in [5.74, 6) is -0.205. The molecule has 1 aromatic heterocycles. The maximum Gasteiger partial charge on any atom is 0.131 e. The molecule has 128 valence electrons. The smallest absolute Gasteiger partial charge is 0.131 e. The molecule has 0 aliphatic carbocycles. The van der Waals surface area contributed by atoms with Gasteiger partial charge in [0.05, 0.1) is 11.2 Å². The highest BCUT2D eigenvalue weighted by molar-refractivity contribution is 5.94. The summed E-state index contributed by atoms with van der Waals surface area (Å²) in [4.78, 5) is 8.58. The van der Waals surface area contributed by atoms with Crippen LogP contribution in [0.25, 0.3) is 22.0 Å². The number of rotatable bonds is 3. The third-order valence-electron chi connectivity index (χ3n) is 4.82. The summed E-state index contributed by atoms with van der Waals surface area (Å²) < 4.78 is 14.5.